The fourth-order valence-corrected chi connectivity index (χ4v) is 6.43. The highest BCUT2D eigenvalue weighted by molar-refractivity contribution is 7.07. The molecule has 3 aromatic carbocycles. The third kappa shape index (κ3) is 4.03. The molecular weight excluding hydrogens is 520 g/mol. The summed E-state index contributed by atoms with van der Waals surface area (Å²) in [6, 6.07) is 19.5. The summed E-state index contributed by atoms with van der Waals surface area (Å²) in [7, 11) is 4.71. The van der Waals surface area contributed by atoms with Gasteiger partial charge in [0.15, 0.2) is 16.3 Å². The number of thiazole rings is 1. The highest BCUT2D eigenvalue weighted by atomic mass is 35.5. The average Bonchev–Trinajstić information content (AvgIpc) is 3.25. The highest BCUT2D eigenvalue weighted by Gasteiger charge is 2.32. The van der Waals surface area contributed by atoms with Gasteiger partial charge in [-0.2, -0.15) is 0 Å². The van der Waals surface area contributed by atoms with Crippen LogP contribution in [0.1, 0.15) is 34.7 Å². The first-order chi connectivity index (χ1) is 18.5. The second-order valence-electron chi connectivity index (χ2n) is 9.12. The van der Waals surface area contributed by atoms with Gasteiger partial charge in [-0.15, -0.1) is 0 Å². The van der Waals surface area contributed by atoms with Crippen LogP contribution in [0.25, 0.3) is 11.8 Å². The van der Waals surface area contributed by atoms with Gasteiger partial charge in [0.1, 0.15) is 0 Å². The van der Waals surface area contributed by atoms with Gasteiger partial charge in [0.05, 0.1) is 37.6 Å². The maximum atomic E-state index is 14.0. The van der Waals surface area contributed by atoms with Gasteiger partial charge in [-0.25, -0.2) is 4.99 Å². The first-order valence-corrected chi connectivity index (χ1v) is 13.4. The third-order valence-corrected chi connectivity index (χ3v) is 8.28. The normalized spacial score (nSPS) is 16.3. The van der Waals surface area contributed by atoms with Crippen LogP contribution in [0.15, 0.2) is 76.0 Å². The predicted molar refractivity (Wildman–Crippen MR) is 150 cm³/mol. The van der Waals surface area contributed by atoms with Gasteiger partial charge in [0.2, 0.25) is 5.75 Å². The topological polar surface area (TPSA) is 62.1 Å². The first-order valence-electron chi connectivity index (χ1n) is 12.2. The molecule has 0 bridgehead atoms. The minimum atomic E-state index is -0.256. The maximum absolute atomic E-state index is 14.0. The first kappa shape index (κ1) is 24.5. The molecule has 1 aliphatic carbocycles. The summed E-state index contributed by atoms with van der Waals surface area (Å²) in [6.07, 6.45) is 3.59. The fraction of sp³-hybridized carbons (Fsp3) is 0.200. The molecule has 8 heteroatoms. The molecule has 2 heterocycles. The van der Waals surface area contributed by atoms with Crippen LogP contribution in [0.4, 0.5) is 0 Å². The molecule has 0 spiro atoms. The number of aromatic nitrogens is 1. The van der Waals surface area contributed by atoms with Crippen LogP contribution in [0, 0.1) is 0 Å². The lowest BCUT2D eigenvalue weighted by atomic mass is 9.83. The van der Waals surface area contributed by atoms with Crippen molar-refractivity contribution in [1.82, 2.24) is 4.57 Å². The van der Waals surface area contributed by atoms with Crippen LogP contribution >= 0.6 is 22.9 Å². The molecule has 1 aromatic heterocycles. The summed E-state index contributed by atoms with van der Waals surface area (Å²) in [5, 5.41) is 0.659. The van der Waals surface area contributed by atoms with Crippen molar-refractivity contribution in [2.45, 2.75) is 18.9 Å². The van der Waals surface area contributed by atoms with Crippen molar-refractivity contribution < 1.29 is 14.2 Å². The van der Waals surface area contributed by atoms with Crippen LogP contribution < -0.4 is 29.1 Å². The Balaban J connectivity index is 1.59. The summed E-state index contributed by atoms with van der Waals surface area (Å²) in [6.45, 7) is 0. The molecule has 38 heavy (non-hydrogen) atoms. The van der Waals surface area contributed by atoms with Gasteiger partial charge < -0.3 is 14.2 Å². The molecule has 6 rings (SSSR count). The number of aryl methyl sites for hydroxylation is 1. The summed E-state index contributed by atoms with van der Waals surface area (Å²) < 4.78 is 18.9. The number of rotatable bonds is 5. The summed E-state index contributed by atoms with van der Waals surface area (Å²) in [4.78, 5) is 19.7. The second-order valence-corrected chi connectivity index (χ2v) is 10.6. The monoisotopic (exact) mass is 544 g/mol. The average molecular weight is 545 g/mol. The van der Waals surface area contributed by atoms with Crippen molar-refractivity contribution in [3.63, 3.8) is 0 Å². The lowest BCUT2D eigenvalue weighted by molar-refractivity contribution is 0.324. The van der Waals surface area contributed by atoms with E-state index in [-0.39, 0.29) is 11.6 Å². The molecule has 0 radical (unpaired) electrons. The minimum Gasteiger partial charge on any atom is -0.493 e. The van der Waals surface area contributed by atoms with Crippen molar-refractivity contribution in [3.8, 4) is 17.2 Å². The number of hydrogen-bond acceptors (Lipinski definition) is 6. The summed E-state index contributed by atoms with van der Waals surface area (Å²) >= 11 is 7.60. The highest BCUT2D eigenvalue weighted by Crippen LogP contribution is 2.41. The molecular formula is C30H25ClN2O4S. The SMILES string of the molecule is COc1cc(C=c2sc3n(c2=O)C(c2ccc(Cl)cc2)C2=C(N=3)c3ccccc3CC2)cc(OC)c1OC. The second kappa shape index (κ2) is 9.82. The van der Waals surface area contributed by atoms with E-state index < -0.39 is 0 Å². The number of hydrogen-bond donors (Lipinski definition) is 0. The molecule has 1 atom stereocenters. The van der Waals surface area contributed by atoms with Gasteiger partial charge in [0.25, 0.3) is 5.56 Å². The van der Waals surface area contributed by atoms with Crippen LogP contribution in [0.3, 0.4) is 0 Å². The van der Waals surface area contributed by atoms with E-state index in [0.717, 1.165) is 40.8 Å². The number of halogens is 1. The lowest BCUT2D eigenvalue weighted by Crippen LogP contribution is -2.38. The zero-order valence-corrected chi connectivity index (χ0v) is 22.7. The molecule has 1 unspecified atom stereocenters. The van der Waals surface area contributed by atoms with E-state index in [1.54, 1.807) is 21.3 Å². The van der Waals surface area contributed by atoms with Gasteiger partial charge >= 0.3 is 0 Å². The van der Waals surface area contributed by atoms with Gasteiger partial charge in [-0.05, 0) is 65.4 Å². The molecule has 0 fully saturated rings. The van der Waals surface area contributed by atoms with Gasteiger partial charge in [-0.1, -0.05) is 59.3 Å². The molecule has 0 saturated heterocycles. The van der Waals surface area contributed by atoms with Gasteiger partial charge in [0, 0.05) is 10.6 Å². The Hall–Kier alpha value is -3.81. The van der Waals surface area contributed by atoms with Crippen LogP contribution in [-0.2, 0) is 6.42 Å². The number of ether oxygens (including phenoxy) is 3. The Labute approximate surface area is 228 Å². The molecule has 0 saturated carbocycles. The fourth-order valence-electron chi connectivity index (χ4n) is 5.30. The molecule has 0 amide bonds. The largest absolute Gasteiger partial charge is 0.493 e. The quantitative estimate of drug-likeness (QED) is 0.355. The van der Waals surface area contributed by atoms with Gasteiger partial charge in [-0.3, -0.25) is 9.36 Å². The Morgan fingerprint density at radius 2 is 1.68 bits per heavy atom. The van der Waals surface area contributed by atoms with Crippen molar-refractivity contribution in [1.29, 1.82) is 0 Å². The van der Waals surface area contributed by atoms with Crippen LogP contribution in [0.5, 0.6) is 17.2 Å². The van der Waals surface area contributed by atoms with Crippen molar-refractivity contribution in [2.75, 3.05) is 21.3 Å². The van der Waals surface area contributed by atoms with E-state index in [1.165, 1.54) is 16.9 Å². The smallest absolute Gasteiger partial charge is 0.271 e. The molecule has 1 aliphatic heterocycles. The Morgan fingerprint density at radius 3 is 2.37 bits per heavy atom. The standard InChI is InChI=1S/C30H25ClN2O4S/c1-35-23-14-17(15-24(36-2)28(23)37-3)16-25-29(34)33-27(19-8-11-20(31)12-9-19)22-13-10-18-6-4-5-7-21(18)26(22)32-30(33)38-25/h4-9,11-12,14-16,27H,10,13H2,1-3H3. The van der Waals surface area contributed by atoms with E-state index in [1.807, 2.05) is 53.1 Å². The van der Waals surface area contributed by atoms with E-state index in [0.29, 0.717) is 31.6 Å². The zero-order chi connectivity index (χ0) is 26.4. The van der Waals surface area contributed by atoms with Crippen LogP contribution in [0.2, 0.25) is 5.02 Å². The zero-order valence-electron chi connectivity index (χ0n) is 21.2. The number of fused-ring (bicyclic) bond motifs is 3. The van der Waals surface area contributed by atoms with Crippen molar-refractivity contribution in [2.24, 2.45) is 4.99 Å². The number of nitrogens with zero attached hydrogens (tertiary/aromatic N) is 2. The summed E-state index contributed by atoms with van der Waals surface area (Å²) in [5.74, 6) is 1.55. The van der Waals surface area contributed by atoms with E-state index in [4.69, 9.17) is 30.8 Å². The Kier molecular flexibility index (Phi) is 6.33. The third-order valence-electron chi connectivity index (χ3n) is 7.04. The van der Waals surface area contributed by atoms with Crippen molar-refractivity contribution in [3.05, 3.63) is 113 Å². The van der Waals surface area contributed by atoms with E-state index >= 15 is 0 Å². The summed E-state index contributed by atoms with van der Waals surface area (Å²) in [5.41, 5.74) is 6.22. The minimum absolute atomic E-state index is 0.0899. The van der Waals surface area contributed by atoms with Crippen molar-refractivity contribution >= 4 is 34.7 Å². The van der Waals surface area contributed by atoms with Crippen LogP contribution in [-0.4, -0.2) is 25.9 Å². The number of allylic oxidation sites excluding steroid dienone is 1. The molecule has 0 N–H and O–H groups in total. The number of methoxy groups -OCH3 is 3. The lowest BCUT2D eigenvalue weighted by Gasteiger charge is -2.30. The van der Waals surface area contributed by atoms with E-state index in [2.05, 4.69) is 18.2 Å². The molecule has 2 aliphatic rings. The Bertz CT molecular complexity index is 1740. The number of benzene rings is 3. The molecule has 192 valence electrons. The molecule has 4 aromatic rings. The maximum Gasteiger partial charge on any atom is 0.271 e. The molecule has 6 nitrogen and oxygen atoms in total. The predicted octanol–water partition coefficient (Wildman–Crippen LogP) is 5.00. The Morgan fingerprint density at radius 1 is 0.974 bits per heavy atom. The van der Waals surface area contributed by atoms with E-state index in [9.17, 15) is 4.79 Å².